The molecule has 2 heterocycles. The van der Waals surface area contributed by atoms with Crippen LogP contribution in [0.25, 0.3) is 21.3 Å². The molecule has 0 unspecified atom stereocenters. The van der Waals surface area contributed by atoms with Crippen LogP contribution in [0.4, 0.5) is 5.82 Å². The molecule has 1 N–H and O–H groups in total. The maximum Gasteiger partial charge on any atom is 0.137 e. The van der Waals surface area contributed by atoms with Gasteiger partial charge < -0.3 is 5.32 Å². The van der Waals surface area contributed by atoms with E-state index in [2.05, 4.69) is 38.5 Å². The molecule has 3 aromatic rings. The summed E-state index contributed by atoms with van der Waals surface area (Å²) >= 11 is 1.65. The van der Waals surface area contributed by atoms with Gasteiger partial charge in [0, 0.05) is 17.6 Å². The summed E-state index contributed by atoms with van der Waals surface area (Å²) in [6, 6.07) is 6.89. The molecule has 0 amide bonds. The smallest absolute Gasteiger partial charge is 0.137 e. The lowest BCUT2D eigenvalue weighted by Crippen LogP contribution is -2.23. The standard InChI is InChI=1S/C17H18N4S/c1-2-4-13(5-3-1)21-17-14-8-12(16-9-18-11-22-16)6-7-15(14)19-10-20-17/h6-11,13H,1-5H2,(H,19,20,21). The second kappa shape index (κ2) is 6.01. The summed E-state index contributed by atoms with van der Waals surface area (Å²) in [6.45, 7) is 0. The molecular weight excluding hydrogens is 292 g/mol. The zero-order valence-corrected chi connectivity index (χ0v) is 13.1. The van der Waals surface area contributed by atoms with E-state index in [1.807, 2.05) is 11.7 Å². The average molecular weight is 310 g/mol. The van der Waals surface area contributed by atoms with Crippen molar-refractivity contribution in [3.8, 4) is 10.4 Å². The summed E-state index contributed by atoms with van der Waals surface area (Å²) in [7, 11) is 0. The minimum Gasteiger partial charge on any atom is -0.367 e. The number of fused-ring (bicyclic) bond motifs is 1. The van der Waals surface area contributed by atoms with Crippen molar-refractivity contribution in [1.82, 2.24) is 15.0 Å². The van der Waals surface area contributed by atoms with Gasteiger partial charge in [0.15, 0.2) is 0 Å². The van der Waals surface area contributed by atoms with Crippen molar-refractivity contribution in [2.75, 3.05) is 5.32 Å². The van der Waals surface area contributed by atoms with Crippen molar-refractivity contribution in [3.05, 3.63) is 36.2 Å². The topological polar surface area (TPSA) is 50.7 Å². The second-order valence-electron chi connectivity index (χ2n) is 5.80. The second-order valence-corrected chi connectivity index (χ2v) is 6.69. The predicted molar refractivity (Wildman–Crippen MR) is 91.1 cm³/mol. The van der Waals surface area contributed by atoms with E-state index in [0.717, 1.165) is 16.7 Å². The molecule has 4 rings (SSSR count). The first-order valence-electron chi connectivity index (χ1n) is 7.80. The molecule has 0 bridgehead atoms. The van der Waals surface area contributed by atoms with Gasteiger partial charge in [-0.25, -0.2) is 9.97 Å². The van der Waals surface area contributed by atoms with E-state index in [1.165, 1.54) is 42.5 Å². The number of nitrogens with one attached hydrogen (secondary N) is 1. The van der Waals surface area contributed by atoms with Gasteiger partial charge >= 0.3 is 0 Å². The maximum atomic E-state index is 4.49. The van der Waals surface area contributed by atoms with E-state index >= 15 is 0 Å². The van der Waals surface area contributed by atoms with E-state index in [9.17, 15) is 0 Å². The fourth-order valence-corrected chi connectivity index (χ4v) is 3.74. The number of hydrogen-bond donors (Lipinski definition) is 1. The number of aromatic nitrogens is 3. The highest BCUT2D eigenvalue weighted by atomic mass is 32.1. The number of benzene rings is 1. The number of nitrogens with zero attached hydrogens (tertiary/aromatic N) is 3. The first-order chi connectivity index (χ1) is 10.9. The van der Waals surface area contributed by atoms with Crippen LogP contribution in [-0.4, -0.2) is 21.0 Å². The fraction of sp³-hybridized carbons (Fsp3) is 0.353. The molecule has 0 spiro atoms. The Morgan fingerprint density at radius 1 is 1.09 bits per heavy atom. The van der Waals surface area contributed by atoms with Crippen LogP contribution < -0.4 is 5.32 Å². The quantitative estimate of drug-likeness (QED) is 0.774. The zero-order valence-electron chi connectivity index (χ0n) is 12.3. The lowest BCUT2D eigenvalue weighted by molar-refractivity contribution is 0.462. The van der Waals surface area contributed by atoms with Crippen LogP contribution in [0.5, 0.6) is 0 Å². The van der Waals surface area contributed by atoms with Gasteiger partial charge in [0.05, 0.1) is 15.9 Å². The number of rotatable bonds is 3. The zero-order chi connectivity index (χ0) is 14.8. The van der Waals surface area contributed by atoms with E-state index in [4.69, 9.17) is 0 Å². The third-order valence-corrected chi connectivity index (χ3v) is 5.12. The highest BCUT2D eigenvalue weighted by Crippen LogP contribution is 2.30. The molecule has 1 aliphatic rings. The van der Waals surface area contributed by atoms with Gasteiger partial charge in [0.25, 0.3) is 0 Å². The molecule has 1 saturated carbocycles. The molecule has 22 heavy (non-hydrogen) atoms. The van der Waals surface area contributed by atoms with Crippen LogP contribution in [0, 0.1) is 0 Å². The van der Waals surface area contributed by atoms with Crippen molar-refractivity contribution >= 4 is 28.1 Å². The third kappa shape index (κ3) is 2.68. The summed E-state index contributed by atoms with van der Waals surface area (Å²) < 4.78 is 0. The highest BCUT2D eigenvalue weighted by Gasteiger charge is 2.15. The van der Waals surface area contributed by atoms with Crippen LogP contribution in [-0.2, 0) is 0 Å². The summed E-state index contributed by atoms with van der Waals surface area (Å²) in [5.41, 5.74) is 4.03. The lowest BCUT2D eigenvalue weighted by atomic mass is 9.95. The van der Waals surface area contributed by atoms with Gasteiger partial charge in [-0.05, 0) is 30.5 Å². The maximum absolute atomic E-state index is 4.49. The Hall–Kier alpha value is -2.01. The van der Waals surface area contributed by atoms with Crippen LogP contribution in [0.1, 0.15) is 32.1 Å². The molecule has 0 saturated heterocycles. The Labute approximate surface area is 133 Å². The van der Waals surface area contributed by atoms with E-state index in [1.54, 1.807) is 17.7 Å². The van der Waals surface area contributed by atoms with Crippen LogP contribution >= 0.6 is 11.3 Å². The molecule has 2 aromatic heterocycles. The first kappa shape index (κ1) is 13.6. The Morgan fingerprint density at radius 3 is 2.82 bits per heavy atom. The molecule has 0 atom stereocenters. The molecular formula is C17H18N4S. The minimum absolute atomic E-state index is 0.541. The Bertz CT molecular complexity index is 763. The van der Waals surface area contributed by atoms with Crippen LogP contribution in [0.3, 0.4) is 0 Å². The largest absolute Gasteiger partial charge is 0.367 e. The molecule has 1 fully saturated rings. The fourth-order valence-electron chi connectivity index (χ4n) is 3.12. The first-order valence-corrected chi connectivity index (χ1v) is 8.68. The van der Waals surface area contributed by atoms with Gasteiger partial charge in [-0.1, -0.05) is 25.3 Å². The molecule has 0 aliphatic heterocycles. The van der Waals surface area contributed by atoms with Gasteiger partial charge in [0.2, 0.25) is 0 Å². The molecule has 112 valence electrons. The number of anilines is 1. The summed E-state index contributed by atoms with van der Waals surface area (Å²) in [6.07, 6.45) is 10.0. The van der Waals surface area contributed by atoms with Gasteiger partial charge in [-0.15, -0.1) is 11.3 Å². The Kier molecular flexibility index (Phi) is 3.72. The monoisotopic (exact) mass is 310 g/mol. The van der Waals surface area contributed by atoms with E-state index in [0.29, 0.717) is 6.04 Å². The molecule has 1 aliphatic carbocycles. The molecule has 1 aromatic carbocycles. The van der Waals surface area contributed by atoms with Crippen molar-refractivity contribution in [2.24, 2.45) is 0 Å². The Morgan fingerprint density at radius 2 is 2.00 bits per heavy atom. The SMILES string of the molecule is c1nc(NC2CCCCC2)c2cc(-c3cncs3)ccc2n1. The predicted octanol–water partition coefficient (Wildman–Crippen LogP) is 4.50. The Balaban J connectivity index is 1.72. The van der Waals surface area contributed by atoms with E-state index < -0.39 is 0 Å². The highest BCUT2D eigenvalue weighted by molar-refractivity contribution is 7.13. The van der Waals surface area contributed by atoms with Crippen LogP contribution in [0.15, 0.2) is 36.2 Å². The summed E-state index contributed by atoms with van der Waals surface area (Å²) in [5, 5.41) is 4.73. The molecule has 4 nitrogen and oxygen atoms in total. The normalized spacial score (nSPS) is 16.0. The molecule has 0 radical (unpaired) electrons. The van der Waals surface area contributed by atoms with Gasteiger partial charge in [-0.3, -0.25) is 4.98 Å². The van der Waals surface area contributed by atoms with E-state index in [-0.39, 0.29) is 0 Å². The van der Waals surface area contributed by atoms with Crippen LogP contribution in [0.2, 0.25) is 0 Å². The third-order valence-electron chi connectivity index (χ3n) is 4.30. The van der Waals surface area contributed by atoms with Crippen molar-refractivity contribution in [2.45, 2.75) is 38.1 Å². The molecule has 5 heteroatoms. The van der Waals surface area contributed by atoms with Crippen molar-refractivity contribution < 1.29 is 0 Å². The van der Waals surface area contributed by atoms with Crippen molar-refractivity contribution in [1.29, 1.82) is 0 Å². The van der Waals surface area contributed by atoms with Crippen molar-refractivity contribution in [3.63, 3.8) is 0 Å². The summed E-state index contributed by atoms with van der Waals surface area (Å²) in [4.78, 5) is 14.2. The van der Waals surface area contributed by atoms with Gasteiger partial charge in [-0.2, -0.15) is 0 Å². The minimum atomic E-state index is 0.541. The summed E-state index contributed by atoms with van der Waals surface area (Å²) in [5.74, 6) is 0.961. The van der Waals surface area contributed by atoms with Gasteiger partial charge in [0.1, 0.15) is 12.1 Å². The number of thiazole rings is 1. The number of hydrogen-bond acceptors (Lipinski definition) is 5. The lowest BCUT2D eigenvalue weighted by Gasteiger charge is -2.23. The average Bonchev–Trinajstić information content (AvgIpc) is 3.10.